The molecule has 14 heteroatoms. The zero-order valence-corrected chi connectivity index (χ0v) is 41.6. The lowest BCUT2D eigenvalue weighted by Crippen LogP contribution is -2.65. The molecule has 392 valence electrons. The van der Waals surface area contributed by atoms with Crippen LogP contribution in [0, 0.1) is 0 Å². The smallest absolute Gasteiger partial charge is 0.220 e. The molecule has 0 aromatic carbocycles. The third kappa shape index (κ3) is 26.8. The summed E-state index contributed by atoms with van der Waals surface area (Å²) >= 11 is 0. The van der Waals surface area contributed by atoms with Crippen LogP contribution in [0.2, 0.25) is 0 Å². The van der Waals surface area contributed by atoms with E-state index in [4.69, 9.17) is 18.9 Å². The van der Waals surface area contributed by atoms with Crippen molar-refractivity contribution >= 4 is 5.91 Å². The summed E-state index contributed by atoms with van der Waals surface area (Å²) < 4.78 is 22.7. The molecule has 0 aliphatic carbocycles. The number of ether oxygens (including phenoxy) is 4. The average Bonchev–Trinajstić information content (AvgIpc) is 3.32. The number of hydrogen-bond donors (Lipinski definition) is 9. The summed E-state index contributed by atoms with van der Waals surface area (Å²) in [6.45, 7) is 2.74. The molecule has 0 aromatic rings. The molecule has 14 nitrogen and oxygen atoms in total. The number of hydrogen-bond acceptors (Lipinski definition) is 13. The lowest BCUT2D eigenvalue weighted by atomic mass is 9.97. The van der Waals surface area contributed by atoms with Gasteiger partial charge in [0.2, 0.25) is 5.91 Å². The van der Waals surface area contributed by atoms with E-state index >= 15 is 0 Å². The average molecular weight is 956 g/mol. The molecule has 12 unspecified atom stereocenters. The molecule has 0 bridgehead atoms. The summed E-state index contributed by atoms with van der Waals surface area (Å²) in [4.78, 5) is 13.2. The van der Waals surface area contributed by atoms with E-state index in [1.54, 1.807) is 6.08 Å². The van der Waals surface area contributed by atoms with E-state index in [2.05, 4.69) is 43.5 Å². The molecule has 12 atom stereocenters. The zero-order chi connectivity index (χ0) is 48.9. The number of aliphatic hydroxyl groups excluding tert-OH is 8. The van der Waals surface area contributed by atoms with Crippen LogP contribution in [-0.2, 0) is 23.7 Å². The number of rotatable bonds is 41. The van der Waals surface area contributed by atoms with Gasteiger partial charge in [-0.3, -0.25) is 4.79 Å². The van der Waals surface area contributed by atoms with Gasteiger partial charge in [0.1, 0.15) is 48.8 Å². The standard InChI is InChI=1S/C53H97NO13/c1-3-5-7-9-11-13-15-17-19-20-21-22-23-24-26-28-30-32-34-36-42(57)41(54-45(58)37-35-33-31-29-27-25-18-16-14-12-10-8-6-4-2)40-64-52-50(63)48(61)51(44(39-56)66-52)67-53-49(62)47(60)46(59)43(38-55)65-53/h10,12,16,18,34,36,41-44,46-53,55-57,59-63H,3-9,11,13-15,17,19-33,35,37-40H2,1-2H3,(H,54,58)/b12-10-,18-16-,36-34+. The minimum absolute atomic E-state index is 0.254. The molecular weight excluding hydrogens is 859 g/mol. The van der Waals surface area contributed by atoms with E-state index in [9.17, 15) is 45.6 Å². The van der Waals surface area contributed by atoms with Crippen LogP contribution >= 0.6 is 0 Å². The fourth-order valence-corrected chi connectivity index (χ4v) is 8.66. The normalized spacial score (nSPS) is 26.8. The monoisotopic (exact) mass is 956 g/mol. The van der Waals surface area contributed by atoms with E-state index in [1.807, 2.05) is 6.08 Å². The summed E-state index contributed by atoms with van der Waals surface area (Å²) in [5.41, 5.74) is 0. The second-order valence-corrected chi connectivity index (χ2v) is 19.0. The van der Waals surface area contributed by atoms with Crippen molar-refractivity contribution in [3.8, 4) is 0 Å². The molecule has 0 aromatic heterocycles. The van der Waals surface area contributed by atoms with Crippen LogP contribution in [0.15, 0.2) is 36.5 Å². The van der Waals surface area contributed by atoms with Crippen molar-refractivity contribution in [2.45, 2.75) is 274 Å². The van der Waals surface area contributed by atoms with Crippen molar-refractivity contribution in [2.75, 3.05) is 19.8 Å². The van der Waals surface area contributed by atoms with E-state index in [1.165, 1.54) is 109 Å². The first-order valence-electron chi connectivity index (χ1n) is 26.7. The Balaban J connectivity index is 1.83. The first kappa shape index (κ1) is 61.3. The molecule has 0 saturated carbocycles. The van der Waals surface area contributed by atoms with Crippen molar-refractivity contribution < 1.29 is 64.6 Å². The lowest BCUT2D eigenvalue weighted by Gasteiger charge is -2.46. The number of allylic oxidation sites excluding steroid dienone is 5. The second-order valence-electron chi connectivity index (χ2n) is 19.0. The molecule has 2 aliphatic heterocycles. The zero-order valence-electron chi connectivity index (χ0n) is 41.6. The van der Waals surface area contributed by atoms with E-state index < -0.39 is 86.8 Å². The second kappa shape index (κ2) is 39.9. The maximum atomic E-state index is 13.2. The SMILES string of the molecule is CCCC/C=C\C/C=C\CCCCCCCC(=O)NC(COC1OC(CO)C(OC2OC(CO)C(O)C(O)C2O)C(O)C1O)C(O)/C=C/CCCCCCCCCCCCCCCCCCC. The van der Waals surface area contributed by atoms with Gasteiger partial charge in [0, 0.05) is 6.42 Å². The number of carbonyl (C=O) groups excluding carboxylic acids is 1. The molecule has 2 fully saturated rings. The number of aliphatic hydroxyl groups is 8. The Morgan fingerprint density at radius 2 is 1.00 bits per heavy atom. The predicted octanol–water partition coefficient (Wildman–Crippen LogP) is 7.49. The van der Waals surface area contributed by atoms with Gasteiger partial charge < -0.3 is 65.1 Å². The van der Waals surface area contributed by atoms with Crippen LogP contribution in [0.3, 0.4) is 0 Å². The molecule has 1 amide bonds. The topological polar surface area (TPSA) is 228 Å². The lowest BCUT2D eigenvalue weighted by molar-refractivity contribution is -0.359. The van der Waals surface area contributed by atoms with Gasteiger partial charge in [0.15, 0.2) is 12.6 Å². The van der Waals surface area contributed by atoms with Crippen LogP contribution < -0.4 is 5.32 Å². The fraction of sp³-hybridized carbons (Fsp3) is 0.868. The molecule has 2 saturated heterocycles. The maximum Gasteiger partial charge on any atom is 0.220 e. The summed E-state index contributed by atoms with van der Waals surface area (Å²) in [5, 5.41) is 86.8. The minimum Gasteiger partial charge on any atom is -0.394 e. The summed E-state index contributed by atoms with van der Waals surface area (Å²) in [6, 6.07) is -0.920. The highest BCUT2D eigenvalue weighted by Gasteiger charge is 2.51. The molecule has 2 rings (SSSR count). The van der Waals surface area contributed by atoms with Crippen LogP contribution in [0.25, 0.3) is 0 Å². The van der Waals surface area contributed by atoms with Crippen molar-refractivity contribution in [1.82, 2.24) is 5.32 Å². The molecule has 67 heavy (non-hydrogen) atoms. The highest BCUT2D eigenvalue weighted by atomic mass is 16.7. The van der Waals surface area contributed by atoms with Gasteiger partial charge in [0.05, 0.1) is 32.0 Å². The third-order valence-electron chi connectivity index (χ3n) is 13.1. The summed E-state index contributed by atoms with van der Waals surface area (Å²) in [5.74, 6) is -0.254. The molecule has 0 spiro atoms. The molecule has 2 heterocycles. The molecule has 0 radical (unpaired) electrons. The predicted molar refractivity (Wildman–Crippen MR) is 263 cm³/mol. The largest absolute Gasteiger partial charge is 0.394 e. The number of nitrogens with one attached hydrogen (secondary N) is 1. The Bertz CT molecular complexity index is 1270. The van der Waals surface area contributed by atoms with Gasteiger partial charge in [-0.05, 0) is 44.9 Å². The van der Waals surface area contributed by atoms with Gasteiger partial charge in [0.25, 0.3) is 0 Å². The van der Waals surface area contributed by atoms with Gasteiger partial charge in [-0.15, -0.1) is 0 Å². The Morgan fingerprint density at radius 1 is 0.537 bits per heavy atom. The van der Waals surface area contributed by atoms with Crippen LogP contribution in [-0.4, -0.2) is 140 Å². The van der Waals surface area contributed by atoms with E-state index in [-0.39, 0.29) is 18.9 Å². The minimum atomic E-state index is -1.79. The van der Waals surface area contributed by atoms with Gasteiger partial charge in [-0.1, -0.05) is 185 Å². The molecular formula is C53H97NO13. The van der Waals surface area contributed by atoms with Crippen molar-refractivity contribution in [1.29, 1.82) is 0 Å². The molecule has 9 N–H and O–H groups in total. The summed E-state index contributed by atoms with van der Waals surface area (Å²) in [6.07, 6.45) is 28.9. The summed E-state index contributed by atoms with van der Waals surface area (Å²) in [7, 11) is 0. The van der Waals surface area contributed by atoms with Crippen LogP contribution in [0.1, 0.15) is 200 Å². The fourth-order valence-electron chi connectivity index (χ4n) is 8.66. The Kier molecular flexibility index (Phi) is 36.5. The van der Waals surface area contributed by atoms with Gasteiger partial charge in [-0.2, -0.15) is 0 Å². The number of unbranched alkanes of at least 4 members (excludes halogenated alkanes) is 24. The highest BCUT2D eigenvalue weighted by molar-refractivity contribution is 5.76. The maximum absolute atomic E-state index is 13.2. The quantitative estimate of drug-likeness (QED) is 0.0214. The highest BCUT2D eigenvalue weighted by Crippen LogP contribution is 2.30. The van der Waals surface area contributed by atoms with Crippen molar-refractivity contribution in [2.24, 2.45) is 0 Å². The van der Waals surface area contributed by atoms with Crippen molar-refractivity contribution in [3.05, 3.63) is 36.5 Å². The van der Waals surface area contributed by atoms with Gasteiger partial charge >= 0.3 is 0 Å². The molecule has 2 aliphatic rings. The van der Waals surface area contributed by atoms with Gasteiger partial charge in [-0.25, -0.2) is 0 Å². The Morgan fingerprint density at radius 3 is 1.54 bits per heavy atom. The number of amides is 1. The number of carbonyl (C=O) groups is 1. The van der Waals surface area contributed by atoms with Crippen LogP contribution in [0.5, 0.6) is 0 Å². The Hall–Kier alpha value is -1.79. The Labute approximate surface area is 404 Å². The van der Waals surface area contributed by atoms with E-state index in [0.29, 0.717) is 6.42 Å². The van der Waals surface area contributed by atoms with E-state index in [0.717, 1.165) is 64.2 Å². The van der Waals surface area contributed by atoms with Crippen molar-refractivity contribution in [3.63, 3.8) is 0 Å². The first-order chi connectivity index (χ1) is 32.6. The first-order valence-corrected chi connectivity index (χ1v) is 26.7. The third-order valence-corrected chi connectivity index (χ3v) is 13.1. The van der Waals surface area contributed by atoms with Crippen LogP contribution in [0.4, 0.5) is 0 Å².